The van der Waals surface area contributed by atoms with Gasteiger partial charge in [0, 0.05) is 38.3 Å². The lowest BCUT2D eigenvalue weighted by Crippen LogP contribution is -2.44. The summed E-state index contributed by atoms with van der Waals surface area (Å²) in [6, 6.07) is 13.3. The smallest absolute Gasteiger partial charge is 0.261 e. The van der Waals surface area contributed by atoms with E-state index in [1.54, 1.807) is 12.1 Å². The van der Waals surface area contributed by atoms with Gasteiger partial charge in [0.2, 0.25) is 0 Å². The lowest BCUT2D eigenvalue weighted by Gasteiger charge is -2.33. The number of nitrogens with zero attached hydrogens (tertiary/aromatic N) is 2. The van der Waals surface area contributed by atoms with Crippen LogP contribution in [-0.2, 0) is 13.0 Å². The third-order valence-electron chi connectivity index (χ3n) is 5.69. The highest BCUT2D eigenvalue weighted by Gasteiger charge is 2.33. The Hall–Kier alpha value is -2.99. The fraction of sp³-hybridized carbons (Fsp3) is 0.318. The summed E-state index contributed by atoms with van der Waals surface area (Å²) in [7, 11) is 1.45. The van der Waals surface area contributed by atoms with Crippen molar-refractivity contribution in [1.82, 2.24) is 15.1 Å². The summed E-state index contributed by atoms with van der Waals surface area (Å²) in [6.45, 7) is 4.48. The third-order valence-corrected chi connectivity index (χ3v) is 5.69. The molecular formula is C22H23N3O3. The number of imide groups is 1. The van der Waals surface area contributed by atoms with Crippen molar-refractivity contribution in [1.29, 1.82) is 0 Å². The van der Waals surface area contributed by atoms with Crippen LogP contribution in [0, 0.1) is 0 Å². The van der Waals surface area contributed by atoms with Crippen LogP contribution in [0.25, 0.3) is 0 Å². The molecule has 1 N–H and O–H groups in total. The molecule has 0 bridgehead atoms. The number of rotatable bonds is 4. The molecule has 0 aromatic heterocycles. The Balaban J connectivity index is 1.39. The van der Waals surface area contributed by atoms with Gasteiger partial charge in [-0.25, -0.2) is 0 Å². The Kier molecular flexibility index (Phi) is 4.73. The van der Waals surface area contributed by atoms with Crippen LogP contribution in [0.4, 0.5) is 0 Å². The first-order valence-electron chi connectivity index (χ1n) is 9.51. The van der Waals surface area contributed by atoms with Crippen molar-refractivity contribution in [3.8, 4) is 0 Å². The second-order valence-electron chi connectivity index (χ2n) is 7.48. The minimum Gasteiger partial charge on any atom is -0.350 e. The normalized spacial score (nSPS) is 17.3. The summed E-state index contributed by atoms with van der Waals surface area (Å²) < 4.78 is 0. The molecule has 6 heteroatoms. The molecule has 0 saturated carbocycles. The van der Waals surface area contributed by atoms with Crippen LogP contribution >= 0.6 is 0 Å². The van der Waals surface area contributed by atoms with Crippen LogP contribution in [0.1, 0.15) is 49.1 Å². The van der Waals surface area contributed by atoms with E-state index < -0.39 is 0 Å². The van der Waals surface area contributed by atoms with E-state index in [4.69, 9.17) is 0 Å². The fourth-order valence-electron chi connectivity index (χ4n) is 3.87. The van der Waals surface area contributed by atoms with Gasteiger partial charge in [0.05, 0.1) is 11.1 Å². The van der Waals surface area contributed by atoms with Gasteiger partial charge in [-0.2, -0.15) is 0 Å². The van der Waals surface area contributed by atoms with Crippen molar-refractivity contribution in [3.63, 3.8) is 0 Å². The van der Waals surface area contributed by atoms with Crippen molar-refractivity contribution in [2.75, 3.05) is 20.1 Å². The summed E-state index contributed by atoms with van der Waals surface area (Å²) in [5.74, 6) is -0.928. The topological polar surface area (TPSA) is 69.7 Å². The van der Waals surface area contributed by atoms with Crippen molar-refractivity contribution < 1.29 is 14.4 Å². The van der Waals surface area contributed by atoms with Gasteiger partial charge in [-0.15, -0.1) is 0 Å². The molecule has 2 aliphatic heterocycles. The standard InChI is InChI=1S/C22H23N3O3/c1-14(25-10-9-15-5-3-4-6-17(15)13-25)12-23-20(26)16-7-8-18-19(11-16)22(28)24(2)21(18)27/h3-8,11,14H,9-10,12-13H2,1-2H3,(H,23,26). The van der Waals surface area contributed by atoms with E-state index >= 15 is 0 Å². The number of hydrogen-bond acceptors (Lipinski definition) is 4. The molecule has 2 aliphatic rings. The average Bonchev–Trinajstić information content (AvgIpc) is 2.95. The summed E-state index contributed by atoms with van der Waals surface area (Å²) in [5, 5.41) is 2.96. The summed E-state index contributed by atoms with van der Waals surface area (Å²) in [5.41, 5.74) is 3.78. The Morgan fingerprint density at radius 1 is 1.07 bits per heavy atom. The number of carbonyl (C=O) groups excluding carboxylic acids is 3. The van der Waals surface area contributed by atoms with Gasteiger partial charge in [0.25, 0.3) is 17.7 Å². The predicted octanol–water partition coefficient (Wildman–Crippen LogP) is 2.09. The number of fused-ring (bicyclic) bond motifs is 2. The first kappa shape index (κ1) is 18.4. The molecule has 6 nitrogen and oxygen atoms in total. The molecule has 0 spiro atoms. The van der Waals surface area contributed by atoms with Gasteiger partial charge in [-0.05, 0) is 42.7 Å². The van der Waals surface area contributed by atoms with E-state index in [1.807, 2.05) is 0 Å². The van der Waals surface area contributed by atoms with Crippen LogP contribution in [0.5, 0.6) is 0 Å². The lowest BCUT2D eigenvalue weighted by molar-refractivity contribution is 0.0693. The van der Waals surface area contributed by atoms with Gasteiger partial charge in [0.15, 0.2) is 0 Å². The molecule has 0 fully saturated rings. The van der Waals surface area contributed by atoms with Crippen molar-refractivity contribution in [2.24, 2.45) is 0 Å². The maximum Gasteiger partial charge on any atom is 0.261 e. The third kappa shape index (κ3) is 3.20. The van der Waals surface area contributed by atoms with E-state index in [0.29, 0.717) is 23.2 Å². The maximum atomic E-state index is 12.6. The zero-order chi connectivity index (χ0) is 19.8. The zero-order valence-electron chi connectivity index (χ0n) is 16.1. The van der Waals surface area contributed by atoms with Gasteiger partial charge >= 0.3 is 0 Å². The molecule has 144 valence electrons. The van der Waals surface area contributed by atoms with Crippen LogP contribution in [0.15, 0.2) is 42.5 Å². The summed E-state index contributed by atoms with van der Waals surface area (Å²) in [6.07, 6.45) is 1.02. The van der Waals surface area contributed by atoms with Crippen LogP contribution in [0.2, 0.25) is 0 Å². The van der Waals surface area contributed by atoms with Crippen LogP contribution < -0.4 is 5.32 Å². The second-order valence-corrected chi connectivity index (χ2v) is 7.48. The fourth-order valence-corrected chi connectivity index (χ4v) is 3.87. The predicted molar refractivity (Wildman–Crippen MR) is 105 cm³/mol. The number of carbonyl (C=O) groups is 3. The SMILES string of the molecule is CC(CNC(=O)c1ccc2c(c1)C(=O)N(C)C2=O)N1CCc2ccccc2C1. The molecule has 1 unspecified atom stereocenters. The van der Waals surface area contributed by atoms with Gasteiger partial charge in [-0.3, -0.25) is 24.2 Å². The minimum atomic E-state index is -0.366. The summed E-state index contributed by atoms with van der Waals surface area (Å²) in [4.78, 5) is 40.1. The van der Waals surface area contributed by atoms with E-state index in [2.05, 4.69) is 41.4 Å². The molecule has 3 amide bonds. The highest BCUT2D eigenvalue weighted by Crippen LogP contribution is 2.23. The molecule has 0 radical (unpaired) electrons. The lowest BCUT2D eigenvalue weighted by atomic mass is 9.99. The molecule has 2 aromatic carbocycles. The highest BCUT2D eigenvalue weighted by molar-refractivity contribution is 6.21. The quantitative estimate of drug-likeness (QED) is 0.829. The van der Waals surface area contributed by atoms with E-state index in [-0.39, 0.29) is 23.8 Å². The van der Waals surface area contributed by atoms with E-state index in [9.17, 15) is 14.4 Å². The first-order chi connectivity index (χ1) is 13.5. The van der Waals surface area contributed by atoms with Crippen LogP contribution in [0.3, 0.4) is 0 Å². The van der Waals surface area contributed by atoms with Gasteiger partial charge in [-0.1, -0.05) is 24.3 Å². The average molecular weight is 377 g/mol. The zero-order valence-corrected chi connectivity index (χ0v) is 16.1. The van der Waals surface area contributed by atoms with E-state index in [0.717, 1.165) is 24.4 Å². The Labute approximate surface area is 164 Å². The molecule has 28 heavy (non-hydrogen) atoms. The molecule has 2 heterocycles. The molecular weight excluding hydrogens is 354 g/mol. The minimum absolute atomic E-state index is 0.195. The van der Waals surface area contributed by atoms with Crippen molar-refractivity contribution >= 4 is 17.7 Å². The molecule has 2 aromatic rings. The molecule has 4 rings (SSSR count). The van der Waals surface area contributed by atoms with Crippen molar-refractivity contribution in [2.45, 2.75) is 25.9 Å². The van der Waals surface area contributed by atoms with E-state index in [1.165, 1.54) is 24.2 Å². The number of benzene rings is 2. The first-order valence-corrected chi connectivity index (χ1v) is 9.51. The summed E-state index contributed by atoms with van der Waals surface area (Å²) >= 11 is 0. The van der Waals surface area contributed by atoms with Gasteiger partial charge < -0.3 is 5.32 Å². The molecule has 1 atom stereocenters. The maximum absolute atomic E-state index is 12.6. The highest BCUT2D eigenvalue weighted by atomic mass is 16.2. The Bertz CT molecular complexity index is 969. The Morgan fingerprint density at radius 2 is 1.79 bits per heavy atom. The number of nitrogens with one attached hydrogen (secondary N) is 1. The molecule has 0 aliphatic carbocycles. The molecule has 0 saturated heterocycles. The largest absolute Gasteiger partial charge is 0.350 e. The number of hydrogen-bond donors (Lipinski definition) is 1. The Morgan fingerprint density at radius 3 is 2.57 bits per heavy atom. The van der Waals surface area contributed by atoms with Crippen molar-refractivity contribution in [3.05, 3.63) is 70.3 Å². The monoisotopic (exact) mass is 377 g/mol. The number of amides is 3. The van der Waals surface area contributed by atoms with Gasteiger partial charge in [0.1, 0.15) is 0 Å². The van der Waals surface area contributed by atoms with Crippen LogP contribution in [-0.4, -0.2) is 53.7 Å². The second kappa shape index (κ2) is 7.20.